The van der Waals surface area contributed by atoms with Crippen LogP contribution in [0.25, 0.3) is 0 Å². The van der Waals surface area contributed by atoms with Gasteiger partial charge >= 0.3 is 6.09 Å². The van der Waals surface area contributed by atoms with Gasteiger partial charge in [0.1, 0.15) is 23.6 Å². The molecule has 7 heteroatoms. The molecule has 1 aromatic rings. The first-order valence-electron chi connectivity index (χ1n) is 7.06. The van der Waals surface area contributed by atoms with Crippen molar-refractivity contribution in [1.29, 1.82) is 0 Å². The predicted octanol–water partition coefficient (Wildman–Crippen LogP) is 1.07. The van der Waals surface area contributed by atoms with E-state index in [1.165, 1.54) is 6.20 Å². The molecule has 7 nitrogen and oxygen atoms in total. The molecule has 0 spiro atoms. The van der Waals surface area contributed by atoms with Gasteiger partial charge in [0.05, 0.1) is 0 Å². The predicted molar refractivity (Wildman–Crippen MR) is 83.8 cm³/mol. The summed E-state index contributed by atoms with van der Waals surface area (Å²) in [5, 5.41) is 22.4. The maximum atomic E-state index is 11.5. The minimum Gasteiger partial charge on any atom is -0.444 e. The molecule has 1 amide bonds. The van der Waals surface area contributed by atoms with E-state index < -0.39 is 23.9 Å². The Morgan fingerprint density at radius 2 is 2.00 bits per heavy atom. The van der Waals surface area contributed by atoms with E-state index in [9.17, 15) is 15.0 Å². The zero-order valence-electron chi connectivity index (χ0n) is 13.7. The Kier molecular flexibility index (Phi) is 6.13. The molecule has 0 radical (unpaired) electrons. The number of aliphatic hydroxyl groups excluding tert-OH is 2. The van der Waals surface area contributed by atoms with Crippen LogP contribution in [0.4, 0.5) is 10.6 Å². The Balaban J connectivity index is 2.54. The van der Waals surface area contributed by atoms with Crippen LogP contribution in [-0.2, 0) is 4.74 Å². The van der Waals surface area contributed by atoms with Crippen LogP contribution in [0.5, 0.6) is 0 Å². The first-order valence-corrected chi connectivity index (χ1v) is 7.06. The molecular weight excluding hydrogens is 286 g/mol. The summed E-state index contributed by atoms with van der Waals surface area (Å²) >= 11 is 0. The van der Waals surface area contributed by atoms with Crippen molar-refractivity contribution in [3.05, 3.63) is 23.9 Å². The second kappa shape index (κ2) is 7.42. The van der Waals surface area contributed by atoms with Crippen LogP contribution < -0.4 is 10.2 Å². The van der Waals surface area contributed by atoms with E-state index in [1.54, 1.807) is 32.9 Å². The van der Waals surface area contributed by atoms with Gasteiger partial charge in [-0.25, -0.2) is 9.78 Å². The Hall–Kier alpha value is -1.86. The number of nitrogens with zero attached hydrogens (tertiary/aromatic N) is 2. The van der Waals surface area contributed by atoms with E-state index in [-0.39, 0.29) is 6.54 Å². The number of anilines is 1. The fraction of sp³-hybridized carbons (Fsp3) is 0.600. The van der Waals surface area contributed by atoms with Crippen LogP contribution in [0.1, 0.15) is 32.4 Å². The minimum absolute atomic E-state index is 0.120. The van der Waals surface area contributed by atoms with Gasteiger partial charge in [-0.3, -0.25) is 0 Å². The van der Waals surface area contributed by atoms with Crippen LogP contribution in [0.2, 0.25) is 0 Å². The second-order valence-electron chi connectivity index (χ2n) is 6.24. The van der Waals surface area contributed by atoms with E-state index in [0.717, 1.165) is 5.82 Å². The second-order valence-corrected chi connectivity index (χ2v) is 6.24. The molecule has 0 saturated carbocycles. The molecule has 22 heavy (non-hydrogen) atoms. The standard InChI is InChI=1S/C15H25N3O4/c1-15(2,3)22-14(21)17-9-11(19)13(20)10-6-7-12(16-8-10)18(4)5/h6-8,11,13,19-20H,9H2,1-5H3,(H,17,21). The van der Waals surface area contributed by atoms with Gasteiger partial charge in [0.2, 0.25) is 0 Å². The van der Waals surface area contributed by atoms with E-state index in [1.807, 2.05) is 19.0 Å². The quantitative estimate of drug-likeness (QED) is 0.753. The molecule has 0 aromatic carbocycles. The lowest BCUT2D eigenvalue weighted by molar-refractivity contribution is 0.0128. The molecule has 0 aliphatic rings. The number of hydrogen-bond donors (Lipinski definition) is 3. The molecule has 124 valence electrons. The molecule has 1 heterocycles. The third-order valence-electron chi connectivity index (χ3n) is 2.79. The Labute approximate surface area is 130 Å². The average molecular weight is 311 g/mol. The number of alkyl carbamates (subject to hydrolysis) is 1. The summed E-state index contributed by atoms with van der Waals surface area (Å²) in [6, 6.07) is 3.43. The summed E-state index contributed by atoms with van der Waals surface area (Å²) in [5.41, 5.74) is -0.136. The van der Waals surface area contributed by atoms with E-state index in [0.29, 0.717) is 5.56 Å². The summed E-state index contributed by atoms with van der Waals surface area (Å²) in [4.78, 5) is 17.5. The van der Waals surface area contributed by atoms with Gasteiger partial charge in [-0.05, 0) is 26.8 Å². The van der Waals surface area contributed by atoms with Crippen LogP contribution in [0, 0.1) is 0 Å². The highest BCUT2D eigenvalue weighted by Gasteiger charge is 2.21. The summed E-state index contributed by atoms with van der Waals surface area (Å²) in [7, 11) is 3.72. The third kappa shape index (κ3) is 5.87. The zero-order valence-corrected chi connectivity index (χ0v) is 13.7. The molecule has 1 rings (SSSR count). The molecule has 0 aliphatic carbocycles. The van der Waals surface area contributed by atoms with Gasteiger partial charge in [0.25, 0.3) is 0 Å². The maximum Gasteiger partial charge on any atom is 0.407 e. The normalized spacial score (nSPS) is 14.1. The fourth-order valence-electron chi connectivity index (χ4n) is 1.67. The first-order chi connectivity index (χ1) is 10.1. The molecule has 2 atom stereocenters. The highest BCUT2D eigenvalue weighted by atomic mass is 16.6. The summed E-state index contributed by atoms with van der Waals surface area (Å²) in [5.74, 6) is 0.748. The first kappa shape index (κ1) is 18.2. The number of carbonyl (C=O) groups is 1. The van der Waals surface area contributed by atoms with Gasteiger partial charge in [0, 0.05) is 32.4 Å². The molecular formula is C15H25N3O4. The van der Waals surface area contributed by atoms with Gasteiger partial charge in [0.15, 0.2) is 0 Å². The average Bonchev–Trinajstić information content (AvgIpc) is 2.42. The number of ether oxygens (including phenoxy) is 1. The van der Waals surface area contributed by atoms with Crippen molar-refractivity contribution in [3.8, 4) is 0 Å². The maximum absolute atomic E-state index is 11.5. The monoisotopic (exact) mass is 311 g/mol. The molecule has 3 N–H and O–H groups in total. The molecule has 0 saturated heterocycles. The van der Waals surface area contributed by atoms with Crippen molar-refractivity contribution in [2.24, 2.45) is 0 Å². The topological polar surface area (TPSA) is 94.9 Å². The number of hydrogen-bond acceptors (Lipinski definition) is 6. The van der Waals surface area contributed by atoms with Crippen molar-refractivity contribution in [2.45, 2.75) is 38.6 Å². The highest BCUT2D eigenvalue weighted by molar-refractivity contribution is 5.67. The Morgan fingerprint density at radius 3 is 2.45 bits per heavy atom. The van der Waals surface area contributed by atoms with Crippen LogP contribution in [0.15, 0.2) is 18.3 Å². The van der Waals surface area contributed by atoms with Crippen molar-refractivity contribution in [3.63, 3.8) is 0 Å². The summed E-state index contributed by atoms with van der Waals surface area (Å²) < 4.78 is 5.05. The van der Waals surface area contributed by atoms with Crippen molar-refractivity contribution < 1.29 is 19.7 Å². The van der Waals surface area contributed by atoms with Crippen molar-refractivity contribution in [1.82, 2.24) is 10.3 Å². The molecule has 1 aromatic heterocycles. The van der Waals surface area contributed by atoms with Crippen LogP contribution in [-0.4, -0.2) is 53.6 Å². The van der Waals surface area contributed by atoms with Gasteiger partial charge in [-0.1, -0.05) is 6.07 Å². The number of carbonyl (C=O) groups excluding carboxylic acids is 1. The van der Waals surface area contributed by atoms with Gasteiger partial charge in [-0.15, -0.1) is 0 Å². The van der Waals surface area contributed by atoms with Crippen molar-refractivity contribution >= 4 is 11.9 Å². The summed E-state index contributed by atoms with van der Waals surface area (Å²) in [6.07, 6.45) is -1.44. The number of rotatable bonds is 5. The van der Waals surface area contributed by atoms with Gasteiger partial charge < -0.3 is 25.2 Å². The largest absolute Gasteiger partial charge is 0.444 e. The minimum atomic E-state index is -1.15. The van der Waals surface area contributed by atoms with Crippen LogP contribution >= 0.6 is 0 Å². The Morgan fingerprint density at radius 1 is 1.36 bits per heavy atom. The SMILES string of the molecule is CN(C)c1ccc(C(O)C(O)CNC(=O)OC(C)(C)C)cn1. The number of aliphatic hydroxyl groups is 2. The van der Waals surface area contributed by atoms with Crippen LogP contribution in [0.3, 0.4) is 0 Å². The molecule has 0 fully saturated rings. The fourth-order valence-corrected chi connectivity index (χ4v) is 1.67. The zero-order chi connectivity index (χ0) is 16.9. The van der Waals surface area contributed by atoms with Crippen molar-refractivity contribution in [2.75, 3.05) is 25.5 Å². The van der Waals surface area contributed by atoms with E-state index >= 15 is 0 Å². The third-order valence-corrected chi connectivity index (χ3v) is 2.79. The number of pyridine rings is 1. The lowest BCUT2D eigenvalue weighted by Crippen LogP contribution is -2.38. The lowest BCUT2D eigenvalue weighted by Gasteiger charge is -2.22. The molecule has 0 bridgehead atoms. The smallest absolute Gasteiger partial charge is 0.407 e. The van der Waals surface area contributed by atoms with Gasteiger partial charge in [-0.2, -0.15) is 0 Å². The summed E-state index contributed by atoms with van der Waals surface area (Å²) in [6.45, 7) is 5.12. The lowest BCUT2D eigenvalue weighted by atomic mass is 10.1. The highest BCUT2D eigenvalue weighted by Crippen LogP contribution is 2.18. The van der Waals surface area contributed by atoms with E-state index in [2.05, 4.69) is 10.3 Å². The van der Waals surface area contributed by atoms with E-state index in [4.69, 9.17) is 4.74 Å². The number of aromatic nitrogens is 1. The number of amides is 1. The number of nitrogens with one attached hydrogen (secondary N) is 1. The molecule has 2 unspecified atom stereocenters. The Bertz CT molecular complexity index is 483. The molecule has 0 aliphatic heterocycles.